The lowest BCUT2D eigenvalue weighted by atomic mass is 10.1. The van der Waals surface area contributed by atoms with Gasteiger partial charge < -0.3 is 9.84 Å². The Bertz CT molecular complexity index is 593. The van der Waals surface area contributed by atoms with Gasteiger partial charge in [0.2, 0.25) is 0 Å². The van der Waals surface area contributed by atoms with Crippen LogP contribution in [0.15, 0.2) is 47.6 Å². The minimum atomic E-state index is -1.11. The zero-order chi connectivity index (χ0) is 16.5. The second-order valence-electron chi connectivity index (χ2n) is 5.35. The van der Waals surface area contributed by atoms with Gasteiger partial charge in [0.05, 0.1) is 6.42 Å². The molecule has 4 nitrogen and oxygen atoms in total. The quantitative estimate of drug-likeness (QED) is 0.461. The Kier molecular flexibility index (Phi) is 7.09. The number of aromatic carboxylic acids is 1. The molecule has 0 aliphatic rings. The smallest absolute Gasteiger partial charge is 0.339 e. The zero-order valence-electron chi connectivity index (χ0n) is 13.3. The number of carbonyl (C=O) groups is 2. The summed E-state index contributed by atoms with van der Waals surface area (Å²) in [5.41, 5.74) is 2.37. The van der Waals surface area contributed by atoms with E-state index in [0.29, 0.717) is 0 Å². The van der Waals surface area contributed by atoms with Crippen molar-refractivity contribution in [1.82, 2.24) is 0 Å². The molecule has 0 radical (unpaired) electrons. The molecular formula is C18H22O4. The lowest BCUT2D eigenvalue weighted by molar-refractivity contribution is -0.133. The van der Waals surface area contributed by atoms with E-state index in [0.717, 1.165) is 18.4 Å². The molecule has 0 spiro atoms. The number of carboxylic acids is 1. The minimum Gasteiger partial charge on any atom is -0.478 e. The highest BCUT2D eigenvalue weighted by atomic mass is 16.5. The predicted octanol–water partition coefficient (Wildman–Crippen LogP) is 4.37. The molecule has 1 aromatic carbocycles. The predicted molar refractivity (Wildman–Crippen MR) is 86.1 cm³/mol. The Morgan fingerprint density at radius 1 is 1.14 bits per heavy atom. The number of esters is 1. The van der Waals surface area contributed by atoms with Crippen LogP contribution in [0.2, 0.25) is 0 Å². The number of hydrogen-bond donors (Lipinski definition) is 1. The topological polar surface area (TPSA) is 63.6 Å². The van der Waals surface area contributed by atoms with Crippen LogP contribution in [0.5, 0.6) is 5.75 Å². The van der Waals surface area contributed by atoms with Crippen LogP contribution in [-0.2, 0) is 4.79 Å². The molecule has 0 aromatic heterocycles. The molecule has 1 N–H and O–H groups in total. The molecule has 0 aliphatic carbocycles. The summed E-state index contributed by atoms with van der Waals surface area (Å²) < 4.78 is 5.12. The number of rotatable bonds is 7. The molecule has 0 atom stereocenters. The molecule has 0 saturated carbocycles. The molecule has 118 valence electrons. The van der Waals surface area contributed by atoms with Crippen LogP contribution in [0, 0.1) is 0 Å². The van der Waals surface area contributed by atoms with Gasteiger partial charge in [0, 0.05) is 0 Å². The van der Waals surface area contributed by atoms with Crippen LogP contribution in [0.4, 0.5) is 0 Å². The monoisotopic (exact) mass is 302 g/mol. The molecule has 22 heavy (non-hydrogen) atoms. The zero-order valence-corrected chi connectivity index (χ0v) is 13.3. The fourth-order valence-corrected chi connectivity index (χ4v) is 1.84. The SMILES string of the molecule is CC(C)=CCC/C(C)=C/CC(=O)Oc1ccccc1C(=O)O. The Hall–Kier alpha value is -2.36. The first-order valence-corrected chi connectivity index (χ1v) is 7.22. The van der Waals surface area contributed by atoms with Gasteiger partial charge in [-0.1, -0.05) is 35.4 Å². The highest BCUT2D eigenvalue weighted by Gasteiger charge is 2.13. The van der Waals surface area contributed by atoms with Gasteiger partial charge in [0.15, 0.2) is 0 Å². The van der Waals surface area contributed by atoms with Crippen molar-refractivity contribution < 1.29 is 19.4 Å². The van der Waals surface area contributed by atoms with Crippen LogP contribution in [0.25, 0.3) is 0 Å². The summed E-state index contributed by atoms with van der Waals surface area (Å²) in [5, 5.41) is 9.03. The Balaban J connectivity index is 2.57. The van der Waals surface area contributed by atoms with E-state index in [-0.39, 0.29) is 17.7 Å². The van der Waals surface area contributed by atoms with Crippen LogP contribution >= 0.6 is 0 Å². The normalized spacial score (nSPS) is 11.0. The van der Waals surface area contributed by atoms with Crippen molar-refractivity contribution >= 4 is 11.9 Å². The van der Waals surface area contributed by atoms with Gasteiger partial charge in [-0.15, -0.1) is 0 Å². The fraction of sp³-hybridized carbons (Fsp3) is 0.333. The second-order valence-corrected chi connectivity index (χ2v) is 5.35. The molecule has 0 bridgehead atoms. The van der Waals surface area contributed by atoms with E-state index < -0.39 is 11.9 Å². The van der Waals surface area contributed by atoms with Crippen molar-refractivity contribution in [3.8, 4) is 5.75 Å². The first-order valence-electron chi connectivity index (χ1n) is 7.22. The molecule has 0 fully saturated rings. The molecule has 1 rings (SSSR count). The van der Waals surface area contributed by atoms with Gasteiger partial charge in [-0.3, -0.25) is 4.79 Å². The number of ether oxygens (including phenoxy) is 1. The van der Waals surface area contributed by atoms with Gasteiger partial charge in [-0.25, -0.2) is 4.79 Å². The summed E-state index contributed by atoms with van der Waals surface area (Å²) in [6, 6.07) is 6.11. The molecule has 0 heterocycles. The fourth-order valence-electron chi connectivity index (χ4n) is 1.84. The van der Waals surface area contributed by atoms with E-state index in [2.05, 4.69) is 19.9 Å². The van der Waals surface area contributed by atoms with Crippen LogP contribution < -0.4 is 4.74 Å². The average Bonchev–Trinajstić information content (AvgIpc) is 2.45. The summed E-state index contributed by atoms with van der Waals surface area (Å²) in [5.74, 6) is -1.50. The maximum absolute atomic E-state index is 11.8. The van der Waals surface area contributed by atoms with Gasteiger partial charge in [-0.2, -0.15) is 0 Å². The number of para-hydroxylation sites is 1. The third-order valence-electron chi connectivity index (χ3n) is 3.05. The summed E-state index contributed by atoms with van der Waals surface area (Å²) in [6.07, 6.45) is 5.95. The molecule has 0 amide bonds. The summed E-state index contributed by atoms with van der Waals surface area (Å²) in [4.78, 5) is 22.8. The van der Waals surface area contributed by atoms with Gasteiger partial charge >= 0.3 is 11.9 Å². The molecule has 1 aromatic rings. The van der Waals surface area contributed by atoms with Crippen molar-refractivity contribution in [1.29, 1.82) is 0 Å². The van der Waals surface area contributed by atoms with E-state index in [1.165, 1.54) is 17.7 Å². The largest absolute Gasteiger partial charge is 0.478 e. The highest BCUT2D eigenvalue weighted by molar-refractivity contribution is 5.92. The van der Waals surface area contributed by atoms with E-state index in [4.69, 9.17) is 9.84 Å². The highest BCUT2D eigenvalue weighted by Crippen LogP contribution is 2.18. The van der Waals surface area contributed by atoms with E-state index >= 15 is 0 Å². The number of carbonyl (C=O) groups excluding carboxylic acids is 1. The van der Waals surface area contributed by atoms with E-state index in [9.17, 15) is 9.59 Å². The van der Waals surface area contributed by atoms with Crippen molar-refractivity contribution in [2.75, 3.05) is 0 Å². The first kappa shape index (κ1) is 17.7. The average molecular weight is 302 g/mol. The number of allylic oxidation sites excluding steroid dienone is 3. The van der Waals surface area contributed by atoms with Gasteiger partial charge in [-0.05, 0) is 45.7 Å². The number of hydrogen-bond acceptors (Lipinski definition) is 3. The van der Waals surface area contributed by atoms with Crippen LogP contribution in [-0.4, -0.2) is 17.0 Å². The van der Waals surface area contributed by atoms with Crippen molar-refractivity contribution in [2.45, 2.75) is 40.0 Å². The van der Waals surface area contributed by atoms with E-state index in [1.54, 1.807) is 12.1 Å². The second kappa shape index (κ2) is 8.82. The first-order chi connectivity index (χ1) is 10.4. The van der Waals surface area contributed by atoms with Gasteiger partial charge in [0.25, 0.3) is 0 Å². The minimum absolute atomic E-state index is 0.0138. The summed E-state index contributed by atoms with van der Waals surface area (Å²) >= 11 is 0. The number of benzene rings is 1. The van der Waals surface area contributed by atoms with Crippen molar-refractivity contribution in [3.63, 3.8) is 0 Å². The van der Waals surface area contributed by atoms with Crippen LogP contribution in [0.1, 0.15) is 50.4 Å². The third-order valence-corrected chi connectivity index (χ3v) is 3.05. The third kappa shape index (κ3) is 6.39. The van der Waals surface area contributed by atoms with E-state index in [1.807, 2.05) is 13.0 Å². The number of carboxylic acid groups (broad SMARTS) is 1. The molecule has 0 unspecified atom stereocenters. The van der Waals surface area contributed by atoms with Crippen LogP contribution in [0.3, 0.4) is 0 Å². The molecule has 0 aliphatic heterocycles. The molecule has 0 saturated heterocycles. The lowest BCUT2D eigenvalue weighted by Crippen LogP contribution is -2.10. The Morgan fingerprint density at radius 3 is 2.45 bits per heavy atom. The molecular weight excluding hydrogens is 280 g/mol. The van der Waals surface area contributed by atoms with Crippen molar-refractivity contribution in [3.05, 3.63) is 53.1 Å². The summed E-state index contributed by atoms with van der Waals surface area (Å²) in [7, 11) is 0. The maximum atomic E-state index is 11.8. The summed E-state index contributed by atoms with van der Waals surface area (Å²) in [6.45, 7) is 6.07. The van der Waals surface area contributed by atoms with Gasteiger partial charge in [0.1, 0.15) is 11.3 Å². The lowest BCUT2D eigenvalue weighted by Gasteiger charge is -2.06. The Labute approximate surface area is 131 Å². The standard InChI is InChI=1S/C18H22O4/c1-13(2)7-6-8-14(3)11-12-17(19)22-16-10-5-4-9-15(16)18(20)21/h4-5,7,9-11H,6,8,12H2,1-3H3,(H,20,21)/b14-11+. The van der Waals surface area contributed by atoms with Crippen molar-refractivity contribution in [2.24, 2.45) is 0 Å². The molecule has 4 heteroatoms. The Morgan fingerprint density at radius 2 is 1.82 bits per heavy atom. The maximum Gasteiger partial charge on any atom is 0.339 e.